The minimum absolute atomic E-state index is 0. The Morgan fingerprint density at radius 2 is 0.500 bits per heavy atom. The van der Waals surface area contributed by atoms with Gasteiger partial charge in [-0.1, -0.05) is 51.4 Å². The third-order valence-corrected chi connectivity index (χ3v) is 14.0. The van der Waals surface area contributed by atoms with Crippen molar-refractivity contribution in [3.05, 3.63) is 0 Å². The average molecular weight is 843 g/mol. The third-order valence-electron chi connectivity index (χ3n) is 14.0. The van der Waals surface area contributed by atoms with Crippen LogP contribution in [0.3, 0.4) is 0 Å². The molecule has 9 aliphatic rings. The molecule has 14 heteroatoms. The number of hydrogen-bond acceptors (Lipinski definition) is 9. The fourth-order valence-corrected chi connectivity index (χ4v) is 12.0. The molecule has 8 unspecified atom stereocenters. The average Bonchev–Trinajstić information content (AvgIpc) is 3.80. The van der Waals surface area contributed by atoms with E-state index >= 15 is 0 Å². The number of halogens is 4. The monoisotopic (exact) mass is 842 g/mol. The summed E-state index contributed by atoms with van der Waals surface area (Å²) in [5, 5.41) is 33.8. The Bertz CT molecular complexity index is 840. The molecule has 4 saturated carbocycles. The molecule has 9 rings (SSSR count). The standard InChI is InChI=1S/C32H56N8.C2H4F3N.Cu.HI/c1-2-10-18-17(9-1)25-33-26(18)38-28-21-13-5-6-14-22(21)30(35-28)40-32-24-16-8-7-15-23(24)31(36-32)39-29-20-12-4-3-11-19(20)27(34-29)37-25;3-2(4,5)1-6;;/h17-40H,1-16H2;1,6H2;;1H. The molecule has 0 aromatic heterocycles. The zero-order valence-corrected chi connectivity index (χ0v) is 31.5. The molecule has 10 N–H and O–H groups in total. The quantitative estimate of drug-likeness (QED) is 0.133. The molecule has 48 heavy (non-hydrogen) atoms. The Hall–Kier alpha value is 0.679. The summed E-state index contributed by atoms with van der Waals surface area (Å²) in [6.07, 6.45) is 21.4. The summed E-state index contributed by atoms with van der Waals surface area (Å²) in [4.78, 5) is 0. The van der Waals surface area contributed by atoms with Crippen LogP contribution < -0.4 is 48.3 Å². The summed E-state index contributed by atoms with van der Waals surface area (Å²) >= 11 is 0. The third kappa shape index (κ3) is 7.81. The summed E-state index contributed by atoms with van der Waals surface area (Å²) in [6.45, 7) is -1.23. The van der Waals surface area contributed by atoms with Gasteiger partial charge >= 0.3 is 6.18 Å². The van der Waals surface area contributed by atoms with Crippen molar-refractivity contribution in [3.63, 3.8) is 0 Å². The van der Waals surface area contributed by atoms with Crippen LogP contribution in [0.5, 0.6) is 0 Å². The van der Waals surface area contributed by atoms with Crippen LogP contribution in [0.25, 0.3) is 0 Å². The van der Waals surface area contributed by atoms with E-state index in [9.17, 15) is 13.2 Å². The molecule has 0 spiro atoms. The van der Waals surface area contributed by atoms with Crippen molar-refractivity contribution in [1.29, 1.82) is 0 Å². The minimum atomic E-state index is -4.18. The molecule has 281 valence electrons. The fourth-order valence-electron chi connectivity index (χ4n) is 12.0. The van der Waals surface area contributed by atoms with Gasteiger partial charge < -0.3 is 5.73 Å². The maximum Gasteiger partial charge on any atom is 0.400 e. The topological polar surface area (TPSA) is 122 Å². The molecule has 9 nitrogen and oxygen atoms in total. The van der Waals surface area contributed by atoms with Crippen LogP contribution in [0.15, 0.2) is 0 Å². The van der Waals surface area contributed by atoms with E-state index in [1.165, 1.54) is 103 Å². The van der Waals surface area contributed by atoms with Crippen LogP contribution >= 0.6 is 24.0 Å². The first-order valence-corrected chi connectivity index (χ1v) is 19.2. The summed E-state index contributed by atoms with van der Waals surface area (Å²) in [5.41, 5.74) is 4.18. The zero-order valence-electron chi connectivity index (χ0n) is 28.2. The summed E-state index contributed by atoms with van der Waals surface area (Å²) < 4.78 is 32.0. The normalized spacial score (nSPS) is 49.5. The number of hydrogen-bond donors (Lipinski definition) is 9. The summed E-state index contributed by atoms with van der Waals surface area (Å²) in [6, 6.07) is 0. The number of nitrogens with two attached hydrogens (primary N) is 1. The van der Waals surface area contributed by atoms with Crippen molar-refractivity contribution < 1.29 is 30.2 Å². The molecule has 5 aliphatic heterocycles. The van der Waals surface area contributed by atoms with Gasteiger partial charge in [0.05, 0.1) is 55.9 Å². The van der Waals surface area contributed by atoms with Gasteiger partial charge in [0.25, 0.3) is 0 Å². The molecule has 8 atom stereocenters. The van der Waals surface area contributed by atoms with Crippen molar-refractivity contribution in [2.75, 3.05) is 6.54 Å². The van der Waals surface area contributed by atoms with Gasteiger partial charge in [-0.2, -0.15) is 13.2 Å². The van der Waals surface area contributed by atoms with Crippen molar-refractivity contribution in [2.24, 2.45) is 53.1 Å². The Balaban J connectivity index is 0.000000463. The molecule has 1 radical (unpaired) electrons. The van der Waals surface area contributed by atoms with Gasteiger partial charge in [-0.05, 0) is 98.7 Å². The van der Waals surface area contributed by atoms with Gasteiger partial charge in [0.15, 0.2) is 0 Å². The number of alkyl halides is 3. The first kappa shape index (κ1) is 38.4. The molecular formula is C34H61CuF3IN9. The Morgan fingerprint density at radius 3 is 0.604 bits per heavy atom. The molecule has 0 aromatic carbocycles. The van der Waals surface area contributed by atoms with Crippen LogP contribution in [0, 0.1) is 47.3 Å². The summed E-state index contributed by atoms with van der Waals surface area (Å²) in [5.74, 6) is 5.97. The second-order valence-electron chi connectivity index (χ2n) is 16.4. The molecule has 5 saturated heterocycles. The van der Waals surface area contributed by atoms with Crippen LogP contribution in [-0.4, -0.2) is 62.0 Å². The van der Waals surface area contributed by atoms with Gasteiger partial charge in [0.1, 0.15) is 0 Å². The van der Waals surface area contributed by atoms with Crippen molar-refractivity contribution in [1.82, 2.24) is 42.5 Å². The number of rotatable bonds is 0. The fraction of sp³-hybridized carbons (Fsp3) is 1.00. The van der Waals surface area contributed by atoms with Crippen molar-refractivity contribution in [3.8, 4) is 0 Å². The molecule has 0 amide bonds. The van der Waals surface area contributed by atoms with Gasteiger partial charge in [-0.15, -0.1) is 24.0 Å². The Morgan fingerprint density at radius 1 is 0.375 bits per heavy atom. The maximum absolute atomic E-state index is 10.7. The number of nitrogens with one attached hydrogen (secondary N) is 8. The van der Waals surface area contributed by atoms with Gasteiger partial charge in [-0.3, -0.25) is 42.5 Å². The summed E-state index contributed by atoms with van der Waals surface area (Å²) in [7, 11) is 0. The Kier molecular flexibility index (Phi) is 13.1. The minimum Gasteiger partial charge on any atom is -0.323 e. The van der Waals surface area contributed by atoms with E-state index in [4.69, 9.17) is 0 Å². The largest absolute Gasteiger partial charge is 0.400 e. The van der Waals surface area contributed by atoms with E-state index in [0.717, 1.165) is 47.3 Å². The van der Waals surface area contributed by atoms with E-state index < -0.39 is 12.7 Å². The van der Waals surface area contributed by atoms with E-state index in [0.29, 0.717) is 49.3 Å². The SMILES string of the molecule is C1CCC2C3NC(NC4NC(NC5NC(NC6NC(N3)C3CCCCC63)C3CCCCC53)C3CCCCC43)C2C1.I.NCC(F)(F)F.[Cu]. The van der Waals surface area contributed by atoms with Crippen LogP contribution in [0.2, 0.25) is 0 Å². The second-order valence-corrected chi connectivity index (χ2v) is 16.4. The van der Waals surface area contributed by atoms with Crippen molar-refractivity contribution in [2.45, 2.75) is 158 Å². The van der Waals surface area contributed by atoms with Gasteiger partial charge in [-0.25, -0.2) is 0 Å². The molecule has 0 aromatic rings. The molecule has 4 aliphatic carbocycles. The van der Waals surface area contributed by atoms with E-state index in [2.05, 4.69) is 48.3 Å². The Labute approximate surface area is 313 Å². The molecule has 5 heterocycles. The van der Waals surface area contributed by atoms with E-state index in [1.54, 1.807) is 0 Å². The first-order valence-electron chi connectivity index (χ1n) is 19.2. The molecule has 9 fully saturated rings. The first-order chi connectivity index (χ1) is 22.4. The smallest absolute Gasteiger partial charge is 0.323 e. The molecule has 8 bridgehead atoms. The van der Waals surface area contributed by atoms with E-state index in [-0.39, 0.29) is 41.0 Å². The van der Waals surface area contributed by atoms with Gasteiger partial charge in [0.2, 0.25) is 0 Å². The zero-order chi connectivity index (χ0) is 31.4. The predicted octanol–water partition coefficient (Wildman–Crippen LogP) is 3.73. The van der Waals surface area contributed by atoms with E-state index in [1.807, 2.05) is 0 Å². The van der Waals surface area contributed by atoms with Gasteiger partial charge in [0, 0.05) is 17.1 Å². The predicted molar refractivity (Wildman–Crippen MR) is 188 cm³/mol. The van der Waals surface area contributed by atoms with Crippen molar-refractivity contribution >= 4 is 24.0 Å². The maximum atomic E-state index is 10.7. The number of fused-ring (bicyclic) bond motifs is 20. The van der Waals surface area contributed by atoms with Crippen LogP contribution in [0.4, 0.5) is 13.2 Å². The molecular weight excluding hydrogens is 782 g/mol. The van der Waals surface area contributed by atoms with Crippen LogP contribution in [-0.2, 0) is 17.1 Å². The van der Waals surface area contributed by atoms with Crippen LogP contribution in [0.1, 0.15) is 103 Å². The second kappa shape index (κ2) is 16.4.